The van der Waals surface area contributed by atoms with Gasteiger partial charge in [-0.3, -0.25) is 9.59 Å². The van der Waals surface area contributed by atoms with E-state index >= 15 is 0 Å². The number of amides is 1. The lowest BCUT2D eigenvalue weighted by Crippen LogP contribution is -2.41. The van der Waals surface area contributed by atoms with Gasteiger partial charge in [-0.1, -0.05) is 23.7 Å². The van der Waals surface area contributed by atoms with Gasteiger partial charge in [0.15, 0.2) is 0 Å². The monoisotopic (exact) mass is 418 g/mol. The summed E-state index contributed by atoms with van der Waals surface area (Å²) in [5.41, 5.74) is -0.791. The van der Waals surface area contributed by atoms with Gasteiger partial charge in [-0.05, 0) is 30.3 Å². The lowest BCUT2D eigenvalue weighted by atomic mass is 10.2. The fraction of sp³-hybridized carbons (Fsp3) is 0.158. The topological polar surface area (TPSA) is 95.2 Å². The number of methoxy groups -OCH3 is 1. The van der Waals surface area contributed by atoms with Crippen LogP contribution in [0.5, 0.6) is 5.88 Å². The molecule has 29 heavy (non-hydrogen) atoms. The Morgan fingerprint density at radius 1 is 1.24 bits per heavy atom. The molecule has 1 heterocycles. The molecule has 1 amide bonds. The highest BCUT2D eigenvalue weighted by Gasteiger charge is 2.17. The van der Waals surface area contributed by atoms with Crippen LogP contribution in [-0.4, -0.2) is 27.4 Å². The van der Waals surface area contributed by atoms with Crippen molar-refractivity contribution in [3.63, 3.8) is 0 Å². The molecule has 0 radical (unpaired) electrons. The lowest BCUT2D eigenvalue weighted by Gasteiger charge is -2.12. The van der Waals surface area contributed by atoms with E-state index < -0.39 is 17.1 Å². The first-order valence-corrected chi connectivity index (χ1v) is 8.78. The second-order valence-corrected chi connectivity index (χ2v) is 6.50. The highest BCUT2D eigenvalue weighted by Crippen LogP contribution is 2.16. The number of hydrogen-bond acceptors (Lipinski definition) is 5. The quantitative estimate of drug-likeness (QED) is 0.685. The zero-order valence-corrected chi connectivity index (χ0v) is 16.2. The Kier molecular flexibility index (Phi) is 5.79. The molecule has 0 fully saturated rings. The van der Waals surface area contributed by atoms with E-state index in [4.69, 9.17) is 16.3 Å². The van der Waals surface area contributed by atoms with Crippen LogP contribution in [0.3, 0.4) is 0 Å². The van der Waals surface area contributed by atoms with Crippen LogP contribution in [0.1, 0.15) is 12.5 Å². The number of nitrogens with zero attached hydrogens (tertiary/aromatic N) is 3. The van der Waals surface area contributed by atoms with Crippen molar-refractivity contribution in [2.75, 3.05) is 12.4 Å². The van der Waals surface area contributed by atoms with E-state index in [1.165, 1.54) is 32.2 Å². The minimum Gasteiger partial charge on any atom is -0.476 e. The summed E-state index contributed by atoms with van der Waals surface area (Å²) in [6.45, 7) is 1.01. The van der Waals surface area contributed by atoms with E-state index in [0.717, 1.165) is 15.3 Å². The van der Waals surface area contributed by atoms with Gasteiger partial charge in [-0.15, -0.1) is 5.10 Å². The van der Waals surface area contributed by atoms with Gasteiger partial charge in [-0.25, -0.2) is 13.8 Å². The maximum atomic E-state index is 14.2. The third-order valence-corrected chi connectivity index (χ3v) is 4.21. The molecule has 0 saturated carbocycles. The molecule has 0 aliphatic heterocycles. The number of rotatable bonds is 5. The molecule has 3 aromatic rings. The van der Waals surface area contributed by atoms with Gasteiger partial charge in [0.2, 0.25) is 5.91 Å². The smallest absolute Gasteiger partial charge is 0.352 e. The molecular formula is C19H16ClFN4O4. The summed E-state index contributed by atoms with van der Waals surface area (Å²) in [4.78, 5) is 36.8. The number of nitrogens with one attached hydrogen (secondary N) is 1. The number of benzene rings is 2. The number of hydrogen-bond donors (Lipinski definition) is 1. The molecule has 8 nitrogen and oxygen atoms in total. The van der Waals surface area contributed by atoms with Gasteiger partial charge < -0.3 is 10.1 Å². The van der Waals surface area contributed by atoms with E-state index in [-0.39, 0.29) is 34.6 Å². The summed E-state index contributed by atoms with van der Waals surface area (Å²) < 4.78 is 20.9. The number of carbonyl (C=O) groups excluding carboxylic acids is 1. The molecule has 150 valence electrons. The predicted octanol–water partition coefficient (Wildman–Crippen LogP) is 2.20. The van der Waals surface area contributed by atoms with Crippen LogP contribution in [0.15, 0.2) is 52.1 Å². The van der Waals surface area contributed by atoms with Gasteiger partial charge in [0.1, 0.15) is 5.82 Å². The van der Waals surface area contributed by atoms with E-state index in [1.807, 2.05) is 0 Å². The molecule has 0 saturated heterocycles. The summed E-state index contributed by atoms with van der Waals surface area (Å²) in [7, 11) is 1.24. The van der Waals surface area contributed by atoms with E-state index in [9.17, 15) is 18.8 Å². The van der Waals surface area contributed by atoms with E-state index in [2.05, 4.69) is 10.4 Å². The van der Waals surface area contributed by atoms with Gasteiger partial charge in [0.25, 0.3) is 5.88 Å². The second kappa shape index (κ2) is 8.27. The number of halogens is 2. The molecule has 3 rings (SSSR count). The maximum absolute atomic E-state index is 14.2. The van der Waals surface area contributed by atoms with Crippen LogP contribution >= 0.6 is 11.6 Å². The average Bonchev–Trinajstić information content (AvgIpc) is 2.66. The SMILES string of the molecule is COc1nn(-c2cccc(NC(C)=O)c2)c(=O)n(Cc2ccc(Cl)cc2F)c1=O. The first-order chi connectivity index (χ1) is 13.8. The standard InChI is InChI=1S/C19H16ClFN4O4/c1-11(26)22-14-4-3-5-15(9-14)25-19(28)24(18(27)17(23-25)29-2)10-12-6-7-13(20)8-16(12)21/h3-9H,10H2,1-2H3,(H,22,26). The van der Waals surface area contributed by atoms with E-state index in [0.29, 0.717) is 5.69 Å². The Hall–Kier alpha value is -3.46. The van der Waals surface area contributed by atoms with Gasteiger partial charge in [0, 0.05) is 23.2 Å². The number of aromatic nitrogens is 3. The Balaban J connectivity index is 2.15. The number of carbonyl (C=O) groups is 1. The molecule has 2 aromatic carbocycles. The van der Waals surface area contributed by atoms with Crippen molar-refractivity contribution in [1.29, 1.82) is 0 Å². The Morgan fingerprint density at radius 2 is 2.00 bits per heavy atom. The Labute approximate surface area is 169 Å². The summed E-state index contributed by atoms with van der Waals surface area (Å²) in [6, 6.07) is 10.2. The first kappa shape index (κ1) is 20.3. The minimum atomic E-state index is -0.805. The normalized spacial score (nSPS) is 10.6. The second-order valence-electron chi connectivity index (χ2n) is 6.06. The summed E-state index contributed by atoms with van der Waals surface area (Å²) in [5.74, 6) is -1.29. The molecule has 0 bridgehead atoms. The van der Waals surface area contributed by atoms with Crippen molar-refractivity contribution in [2.24, 2.45) is 0 Å². The van der Waals surface area contributed by atoms with Gasteiger partial charge in [-0.2, -0.15) is 4.68 Å². The summed E-state index contributed by atoms with van der Waals surface area (Å²) in [5, 5.41) is 6.73. The third kappa shape index (κ3) is 4.35. The van der Waals surface area contributed by atoms with Crippen LogP contribution in [0.25, 0.3) is 5.69 Å². The Bertz CT molecular complexity index is 1210. The molecule has 0 unspecified atom stereocenters. The molecular weight excluding hydrogens is 403 g/mol. The summed E-state index contributed by atoms with van der Waals surface area (Å²) >= 11 is 5.75. The molecule has 1 aromatic heterocycles. The van der Waals surface area contributed by atoms with Crippen LogP contribution < -0.4 is 21.3 Å². The Morgan fingerprint density at radius 3 is 2.66 bits per heavy atom. The van der Waals surface area contributed by atoms with Crippen molar-refractivity contribution in [3.05, 3.63) is 79.7 Å². The van der Waals surface area contributed by atoms with Gasteiger partial charge >= 0.3 is 11.2 Å². The van der Waals surface area contributed by atoms with Crippen molar-refractivity contribution in [2.45, 2.75) is 13.5 Å². The highest BCUT2D eigenvalue weighted by molar-refractivity contribution is 6.30. The highest BCUT2D eigenvalue weighted by atomic mass is 35.5. The van der Waals surface area contributed by atoms with Crippen molar-refractivity contribution in [3.8, 4) is 11.6 Å². The fourth-order valence-corrected chi connectivity index (χ4v) is 2.83. The van der Waals surface area contributed by atoms with Crippen molar-refractivity contribution in [1.82, 2.24) is 14.3 Å². The average molecular weight is 419 g/mol. The predicted molar refractivity (Wildman–Crippen MR) is 105 cm³/mol. The molecule has 10 heteroatoms. The first-order valence-electron chi connectivity index (χ1n) is 8.40. The van der Waals surface area contributed by atoms with Crippen LogP contribution in [0.4, 0.5) is 10.1 Å². The van der Waals surface area contributed by atoms with Crippen molar-refractivity contribution >= 4 is 23.2 Å². The van der Waals surface area contributed by atoms with Crippen LogP contribution in [0, 0.1) is 5.82 Å². The third-order valence-electron chi connectivity index (χ3n) is 3.98. The number of anilines is 1. The zero-order chi connectivity index (χ0) is 21.1. The maximum Gasteiger partial charge on any atom is 0.352 e. The largest absolute Gasteiger partial charge is 0.476 e. The molecule has 0 atom stereocenters. The molecule has 0 aliphatic rings. The van der Waals surface area contributed by atoms with E-state index in [1.54, 1.807) is 18.2 Å². The van der Waals surface area contributed by atoms with Crippen molar-refractivity contribution < 1.29 is 13.9 Å². The minimum absolute atomic E-state index is 0.0976. The fourth-order valence-electron chi connectivity index (χ4n) is 2.67. The molecule has 0 aliphatic carbocycles. The van der Waals surface area contributed by atoms with Crippen LogP contribution in [-0.2, 0) is 11.3 Å². The lowest BCUT2D eigenvalue weighted by molar-refractivity contribution is -0.114. The number of ether oxygens (including phenoxy) is 1. The van der Waals surface area contributed by atoms with Gasteiger partial charge in [0.05, 0.1) is 19.3 Å². The molecule has 0 spiro atoms. The zero-order valence-electron chi connectivity index (χ0n) is 15.5. The summed E-state index contributed by atoms with van der Waals surface area (Å²) in [6.07, 6.45) is 0. The van der Waals surface area contributed by atoms with Crippen LogP contribution in [0.2, 0.25) is 5.02 Å². The molecule has 1 N–H and O–H groups in total.